The van der Waals surface area contributed by atoms with Crippen molar-refractivity contribution in [2.45, 2.75) is 31.8 Å². The van der Waals surface area contributed by atoms with Crippen molar-refractivity contribution in [1.29, 1.82) is 0 Å². The van der Waals surface area contributed by atoms with Crippen molar-refractivity contribution in [2.75, 3.05) is 4.72 Å². The van der Waals surface area contributed by atoms with Crippen LogP contribution in [0.3, 0.4) is 0 Å². The fraction of sp³-hybridized carbons (Fsp3) is 0.235. The Morgan fingerprint density at radius 3 is 2.19 bits per heavy atom. The van der Waals surface area contributed by atoms with Gasteiger partial charge in [-0.25, -0.2) is 22.0 Å². The molecule has 0 radical (unpaired) electrons. The van der Waals surface area contributed by atoms with Gasteiger partial charge in [0.1, 0.15) is 0 Å². The van der Waals surface area contributed by atoms with Crippen LogP contribution in [-0.4, -0.2) is 17.6 Å². The molecule has 0 spiro atoms. The first-order chi connectivity index (χ1) is 12.3. The molecule has 0 bridgehead atoms. The second-order valence-corrected chi connectivity index (χ2v) is 7.34. The summed E-state index contributed by atoms with van der Waals surface area (Å²) in [5, 5.41) is 0. The van der Waals surface area contributed by atoms with E-state index in [1.807, 2.05) is 6.92 Å². The van der Waals surface area contributed by atoms with Gasteiger partial charge in [-0.2, -0.15) is 0 Å². The summed E-state index contributed by atoms with van der Waals surface area (Å²) >= 11 is 0. The number of sulfonamides is 1. The third-order valence-electron chi connectivity index (χ3n) is 4.10. The quantitative estimate of drug-likeness (QED) is 0.739. The lowest BCUT2D eigenvalue weighted by Crippen LogP contribution is -2.23. The van der Waals surface area contributed by atoms with E-state index in [4.69, 9.17) is 0 Å². The molecule has 0 saturated carbocycles. The second-order valence-electron chi connectivity index (χ2n) is 5.66. The number of nitrogens with one attached hydrogen (secondary N) is 1. The summed E-state index contributed by atoms with van der Waals surface area (Å²) in [4.78, 5) is 12.3. The smallest absolute Gasteiger partial charge is 0.292 e. The molecule has 3 aromatic rings. The molecule has 138 valence electrons. The molecule has 6 nitrogen and oxygen atoms in total. The van der Waals surface area contributed by atoms with Crippen molar-refractivity contribution >= 4 is 26.7 Å². The average molecular weight is 381 g/mol. The van der Waals surface area contributed by atoms with Crippen LogP contribution in [-0.2, 0) is 23.1 Å². The molecule has 0 unspecified atom stereocenters. The molecule has 9 heteroatoms. The molecule has 0 aliphatic heterocycles. The van der Waals surface area contributed by atoms with Crippen molar-refractivity contribution < 1.29 is 17.2 Å². The van der Waals surface area contributed by atoms with Crippen LogP contribution in [0.1, 0.15) is 13.8 Å². The number of benzene rings is 2. The summed E-state index contributed by atoms with van der Waals surface area (Å²) in [6.45, 7) is 4.47. The Bertz CT molecular complexity index is 1150. The number of hydrogen-bond donors (Lipinski definition) is 1. The molecule has 0 amide bonds. The number of imidazole rings is 1. The lowest BCUT2D eigenvalue weighted by Gasteiger charge is -2.09. The highest BCUT2D eigenvalue weighted by molar-refractivity contribution is 7.92. The molecular formula is C17H17F2N3O3S. The van der Waals surface area contributed by atoms with Crippen molar-refractivity contribution in [2.24, 2.45) is 0 Å². The fourth-order valence-corrected chi connectivity index (χ4v) is 3.92. The highest BCUT2D eigenvalue weighted by Crippen LogP contribution is 2.22. The Labute approximate surface area is 148 Å². The van der Waals surface area contributed by atoms with Crippen LogP contribution in [0.2, 0.25) is 0 Å². The van der Waals surface area contributed by atoms with Gasteiger partial charge in [0.2, 0.25) is 0 Å². The van der Waals surface area contributed by atoms with E-state index in [0.717, 1.165) is 18.2 Å². The Morgan fingerprint density at radius 1 is 0.923 bits per heavy atom. The van der Waals surface area contributed by atoms with E-state index >= 15 is 0 Å². The Balaban J connectivity index is 2.09. The van der Waals surface area contributed by atoms with Crippen molar-refractivity contribution in [3.63, 3.8) is 0 Å². The van der Waals surface area contributed by atoms with E-state index in [2.05, 4.69) is 4.72 Å². The topological polar surface area (TPSA) is 73.1 Å². The Kier molecular flexibility index (Phi) is 4.57. The van der Waals surface area contributed by atoms with Gasteiger partial charge in [0, 0.05) is 19.2 Å². The van der Waals surface area contributed by atoms with Gasteiger partial charge < -0.3 is 0 Å². The maximum atomic E-state index is 13.3. The molecular weight excluding hydrogens is 364 g/mol. The summed E-state index contributed by atoms with van der Waals surface area (Å²) in [5.41, 5.74) is 0.815. The first-order valence-electron chi connectivity index (χ1n) is 7.99. The highest BCUT2D eigenvalue weighted by Gasteiger charge is 2.19. The zero-order chi connectivity index (χ0) is 19.1. The van der Waals surface area contributed by atoms with Gasteiger partial charge in [-0.1, -0.05) is 0 Å². The predicted octanol–water partition coefficient (Wildman–Crippen LogP) is 2.92. The van der Waals surface area contributed by atoms with Crippen LogP contribution in [0.15, 0.2) is 46.1 Å². The molecule has 0 aliphatic carbocycles. The monoisotopic (exact) mass is 381 g/mol. The number of fused-ring (bicyclic) bond motifs is 1. The number of aromatic nitrogens is 2. The first-order valence-corrected chi connectivity index (χ1v) is 9.47. The first kappa shape index (κ1) is 18.1. The van der Waals surface area contributed by atoms with E-state index in [0.29, 0.717) is 24.1 Å². The third kappa shape index (κ3) is 2.98. The predicted molar refractivity (Wildman–Crippen MR) is 94.7 cm³/mol. The standard InChI is InChI=1S/C17H17F2N3O3S/c1-3-21-15-8-6-12(10-16(15)22(4-2)17(21)23)26(24,25)20-11-5-7-13(18)14(19)9-11/h5-10,20H,3-4H2,1-2H3. The molecule has 3 rings (SSSR count). The van der Waals surface area contributed by atoms with E-state index in [-0.39, 0.29) is 16.3 Å². The fourth-order valence-electron chi connectivity index (χ4n) is 2.85. The van der Waals surface area contributed by atoms with Gasteiger partial charge in [0.15, 0.2) is 11.6 Å². The van der Waals surface area contributed by atoms with Gasteiger partial charge in [-0.05, 0) is 44.2 Å². The maximum absolute atomic E-state index is 13.3. The zero-order valence-corrected chi connectivity index (χ0v) is 15.0. The summed E-state index contributed by atoms with van der Waals surface area (Å²) in [6.07, 6.45) is 0. The maximum Gasteiger partial charge on any atom is 0.329 e. The summed E-state index contributed by atoms with van der Waals surface area (Å²) in [7, 11) is -4.03. The average Bonchev–Trinajstić information content (AvgIpc) is 2.87. The van der Waals surface area contributed by atoms with Gasteiger partial charge >= 0.3 is 5.69 Å². The molecule has 1 N–H and O–H groups in total. The molecule has 0 aliphatic rings. The summed E-state index contributed by atoms with van der Waals surface area (Å²) < 4.78 is 56.7. The van der Waals surface area contributed by atoms with E-state index in [1.54, 1.807) is 17.6 Å². The third-order valence-corrected chi connectivity index (χ3v) is 5.48. The highest BCUT2D eigenvalue weighted by atomic mass is 32.2. The van der Waals surface area contributed by atoms with Gasteiger partial charge in [0.25, 0.3) is 10.0 Å². The molecule has 0 atom stereocenters. The van der Waals surface area contributed by atoms with Crippen molar-refractivity contribution in [1.82, 2.24) is 9.13 Å². The van der Waals surface area contributed by atoms with Crippen LogP contribution in [0, 0.1) is 11.6 Å². The number of nitrogens with zero attached hydrogens (tertiary/aromatic N) is 2. The number of hydrogen-bond acceptors (Lipinski definition) is 3. The summed E-state index contributed by atoms with van der Waals surface area (Å²) in [6, 6.07) is 7.06. The summed E-state index contributed by atoms with van der Waals surface area (Å²) in [5.74, 6) is -2.22. The molecule has 2 aromatic carbocycles. The molecule has 0 saturated heterocycles. The number of aryl methyl sites for hydroxylation is 2. The SMILES string of the molecule is CCn1c(=O)n(CC)c2cc(S(=O)(=O)Nc3ccc(F)c(F)c3)ccc21. The van der Waals surface area contributed by atoms with E-state index in [1.165, 1.54) is 16.7 Å². The lowest BCUT2D eigenvalue weighted by molar-refractivity contribution is 0.509. The largest absolute Gasteiger partial charge is 0.329 e. The zero-order valence-electron chi connectivity index (χ0n) is 14.2. The normalized spacial score (nSPS) is 11.8. The molecule has 26 heavy (non-hydrogen) atoms. The number of rotatable bonds is 5. The van der Waals surface area contributed by atoms with Gasteiger partial charge in [-0.3, -0.25) is 13.9 Å². The number of anilines is 1. The van der Waals surface area contributed by atoms with Gasteiger partial charge in [0.05, 0.1) is 21.6 Å². The van der Waals surface area contributed by atoms with Gasteiger partial charge in [-0.15, -0.1) is 0 Å². The molecule has 0 fully saturated rings. The minimum Gasteiger partial charge on any atom is -0.292 e. The number of halogens is 2. The van der Waals surface area contributed by atoms with Crippen LogP contribution in [0.25, 0.3) is 11.0 Å². The van der Waals surface area contributed by atoms with E-state index < -0.39 is 21.7 Å². The Morgan fingerprint density at radius 2 is 1.58 bits per heavy atom. The Hall–Kier alpha value is -2.68. The minimum atomic E-state index is -4.03. The lowest BCUT2D eigenvalue weighted by atomic mass is 10.3. The van der Waals surface area contributed by atoms with E-state index in [9.17, 15) is 22.0 Å². The molecule has 1 aromatic heterocycles. The van der Waals surface area contributed by atoms with Crippen LogP contribution in [0.4, 0.5) is 14.5 Å². The van der Waals surface area contributed by atoms with Crippen LogP contribution in [0.5, 0.6) is 0 Å². The van der Waals surface area contributed by atoms with Crippen LogP contribution >= 0.6 is 0 Å². The van der Waals surface area contributed by atoms with Crippen molar-refractivity contribution in [3.8, 4) is 0 Å². The second kappa shape index (κ2) is 6.56. The van der Waals surface area contributed by atoms with Crippen molar-refractivity contribution in [3.05, 3.63) is 58.5 Å². The minimum absolute atomic E-state index is 0.0785. The molecule has 1 heterocycles. The van der Waals surface area contributed by atoms with Crippen LogP contribution < -0.4 is 10.4 Å².